The highest BCUT2D eigenvalue weighted by Gasteiger charge is 2.87. The van der Waals surface area contributed by atoms with Gasteiger partial charge >= 0.3 is 0 Å². The van der Waals surface area contributed by atoms with Gasteiger partial charge in [-0.15, -0.1) is 0 Å². The Morgan fingerprint density at radius 3 is 1.43 bits per heavy atom. The largest absolute Gasteiger partial charge is 0.392 e. The number of aliphatic hydroxyl groups is 2. The van der Waals surface area contributed by atoms with Crippen molar-refractivity contribution in [1.82, 2.24) is 19.6 Å². The molecule has 10 heterocycles. The third kappa shape index (κ3) is 2.48. The molecular formula is C30H28N6O6S4. The Morgan fingerprint density at radius 2 is 1.04 bits per heavy atom. The van der Waals surface area contributed by atoms with Gasteiger partial charge in [0.05, 0.1) is 24.0 Å². The molecule has 8 saturated heterocycles. The molecule has 4 bridgehead atoms. The van der Waals surface area contributed by atoms with Gasteiger partial charge in [0.1, 0.15) is 12.3 Å². The summed E-state index contributed by atoms with van der Waals surface area (Å²) in [7, 11) is 8.28. The fourth-order valence-corrected chi connectivity index (χ4v) is 17.2. The van der Waals surface area contributed by atoms with Crippen LogP contribution in [0.4, 0.5) is 11.4 Å². The second-order valence-corrected chi connectivity index (χ2v) is 18.7. The normalized spacial score (nSPS) is 43.7. The first-order chi connectivity index (χ1) is 22.1. The van der Waals surface area contributed by atoms with Crippen LogP contribution in [0, 0.1) is 0 Å². The zero-order chi connectivity index (χ0) is 31.8. The molecule has 8 fully saturated rings. The van der Waals surface area contributed by atoms with Gasteiger partial charge in [0.25, 0.3) is 23.6 Å². The van der Waals surface area contributed by atoms with Crippen LogP contribution in [0.25, 0.3) is 0 Å². The number of benzene rings is 2. The van der Waals surface area contributed by atoms with E-state index in [0.29, 0.717) is 0 Å². The standard InChI is InChI=1S/C30H28N6O6S4/c1-33-21(39)27-11-25(15-7-3-5-9-17(15)31-19(25)35(27)23(41)29(33,13-37)45-43-27)26-12-28-22(40)34(2)30(14-38,46-44-28)24(42)36(28)20(26)32-18-10-6-4-8-16(18)26/h3-10,19-20,31-32,37-38H,11-14H2,1-2H3/t19-,20-,25+,26+,27+,28+,29-,30-/m1/s1. The van der Waals surface area contributed by atoms with Crippen LogP contribution in [-0.2, 0) is 30.0 Å². The monoisotopic (exact) mass is 696 g/mol. The molecule has 46 heavy (non-hydrogen) atoms. The molecule has 0 aromatic heterocycles. The molecule has 4 amide bonds. The predicted molar refractivity (Wildman–Crippen MR) is 175 cm³/mol. The van der Waals surface area contributed by atoms with E-state index in [9.17, 15) is 29.4 Å². The van der Waals surface area contributed by atoms with Crippen molar-refractivity contribution in [2.24, 2.45) is 0 Å². The molecule has 12 nitrogen and oxygen atoms in total. The molecule has 2 aromatic carbocycles. The van der Waals surface area contributed by atoms with Crippen molar-refractivity contribution in [1.29, 1.82) is 0 Å². The summed E-state index contributed by atoms with van der Waals surface area (Å²) in [5.41, 5.74) is 1.45. The maximum Gasteiger partial charge on any atom is 0.265 e. The minimum absolute atomic E-state index is 0.223. The van der Waals surface area contributed by atoms with E-state index in [1.807, 2.05) is 48.5 Å². The predicted octanol–water partition coefficient (Wildman–Crippen LogP) is 1.33. The molecule has 0 aliphatic carbocycles. The Kier molecular flexibility index (Phi) is 5.08. The summed E-state index contributed by atoms with van der Waals surface area (Å²) in [5.74, 6) is -1.19. The Balaban J connectivity index is 1.29. The highest BCUT2D eigenvalue weighted by atomic mass is 33.1. The quantitative estimate of drug-likeness (QED) is 0.344. The van der Waals surface area contributed by atoms with Crippen LogP contribution < -0.4 is 10.6 Å². The van der Waals surface area contributed by atoms with Gasteiger partial charge in [-0.3, -0.25) is 29.0 Å². The molecule has 238 valence electrons. The molecule has 0 radical (unpaired) electrons. The fraction of sp³-hybridized carbons (Fsp3) is 0.467. The first-order valence-electron chi connectivity index (χ1n) is 15.0. The fourth-order valence-electron chi connectivity index (χ4n) is 9.92. The average molecular weight is 697 g/mol. The van der Waals surface area contributed by atoms with Crippen molar-refractivity contribution < 1.29 is 29.4 Å². The number of anilines is 2. The Hall–Kier alpha value is -2.76. The van der Waals surface area contributed by atoms with Gasteiger partial charge in [-0.2, -0.15) is 0 Å². The number of rotatable bonds is 3. The minimum Gasteiger partial charge on any atom is -0.392 e. The van der Waals surface area contributed by atoms with Crippen LogP contribution in [0.5, 0.6) is 0 Å². The van der Waals surface area contributed by atoms with Gasteiger partial charge in [-0.05, 0) is 44.8 Å². The van der Waals surface area contributed by atoms with E-state index in [1.54, 1.807) is 23.9 Å². The number of piperazine rings is 2. The molecule has 2 aromatic rings. The molecule has 0 saturated carbocycles. The van der Waals surface area contributed by atoms with Crippen LogP contribution >= 0.6 is 43.2 Å². The van der Waals surface area contributed by atoms with Crippen LogP contribution in [0.15, 0.2) is 48.5 Å². The number of nitrogens with zero attached hydrogens (tertiary/aromatic N) is 4. The SMILES string of the molecule is CN1C(=O)[C@@]23C[C@]4([C@]56C[C@@]78SS[C@](CO)(C(=O)N7[C@H]5Nc5ccccc56)N(C)C8=O)c5ccccc5N[C@@H]4N2C(=O)[C@@]1(CO)SS3. The summed E-state index contributed by atoms with van der Waals surface area (Å²) < 4.78 is 0. The van der Waals surface area contributed by atoms with Crippen molar-refractivity contribution in [3.05, 3.63) is 59.7 Å². The number of nitrogens with one attached hydrogen (secondary N) is 2. The molecule has 10 aliphatic rings. The number of carbonyl (C=O) groups is 4. The number of para-hydroxylation sites is 2. The molecule has 4 N–H and O–H groups in total. The van der Waals surface area contributed by atoms with E-state index in [4.69, 9.17) is 0 Å². The lowest BCUT2D eigenvalue weighted by Crippen LogP contribution is -2.77. The second-order valence-electron chi connectivity index (χ2n) is 13.3. The lowest BCUT2D eigenvalue weighted by molar-refractivity contribution is -0.166. The summed E-state index contributed by atoms with van der Waals surface area (Å²) in [4.78, 5) is 59.0. The van der Waals surface area contributed by atoms with E-state index in [2.05, 4.69) is 10.6 Å². The Labute approximate surface area is 279 Å². The van der Waals surface area contributed by atoms with Gasteiger partial charge in [0.15, 0.2) is 9.74 Å². The Morgan fingerprint density at radius 1 is 0.652 bits per heavy atom. The number of aliphatic hydroxyl groups excluding tert-OH is 2. The maximum atomic E-state index is 14.7. The summed E-state index contributed by atoms with van der Waals surface area (Å²) in [6, 6.07) is 15.8. The molecule has 2 spiro atoms. The molecule has 0 unspecified atom stereocenters. The summed E-state index contributed by atoms with van der Waals surface area (Å²) in [5, 5.41) is 28.6. The van der Waals surface area contributed by atoms with Crippen molar-refractivity contribution in [3.63, 3.8) is 0 Å². The third-order valence-electron chi connectivity index (χ3n) is 12.0. The Bertz CT molecular complexity index is 1740. The van der Waals surface area contributed by atoms with Crippen LogP contribution in [0.3, 0.4) is 0 Å². The second kappa shape index (κ2) is 8.26. The smallest absolute Gasteiger partial charge is 0.265 e. The number of hydrogen-bond donors (Lipinski definition) is 4. The van der Waals surface area contributed by atoms with E-state index < -0.39 is 55.9 Å². The lowest BCUT2D eigenvalue weighted by Gasteiger charge is -2.57. The number of likely N-dealkylation sites (N-methyl/N-ethyl adjacent to an activating group) is 2. The highest BCUT2D eigenvalue weighted by molar-refractivity contribution is 8.78. The topological polar surface area (TPSA) is 146 Å². The zero-order valence-electron chi connectivity index (χ0n) is 24.6. The van der Waals surface area contributed by atoms with E-state index in [1.165, 1.54) is 53.0 Å². The molecule has 10 aliphatic heterocycles. The molecule has 8 atom stereocenters. The van der Waals surface area contributed by atoms with Crippen LogP contribution in [0.1, 0.15) is 24.0 Å². The van der Waals surface area contributed by atoms with Gasteiger partial charge in [0, 0.05) is 38.3 Å². The van der Waals surface area contributed by atoms with Gasteiger partial charge in [-0.1, -0.05) is 58.0 Å². The molecule has 16 heteroatoms. The molecular weight excluding hydrogens is 669 g/mol. The van der Waals surface area contributed by atoms with Gasteiger partial charge < -0.3 is 30.6 Å². The third-order valence-corrected chi connectivity index (χ3v) is 19.3. The van der Waals surface area contributed by atoms with E-state index in [0.717, 1.165) is 22.5 Å². The highest BCUT2D eigenvalue weighted by Crippen LogP contribution is 2.78. The van der Waals surface area contributed by atoms with E-state index >= 15 is 0 Å². The molecule has 12 rings (SSSR count). The van der Waals surface area contributed by atoms with Gasteiger partial charge in [0.2, 0.25) is 9.74 Å². The van der Waals surface area contributed by atoms with Crippen molar-refractivity contribution >= 4 is 78.2 Å². The number of carbonyl (C=O) groups excluding carboxylic acids is 4. The average Bonchev–Trinajstić information content (AvgIpc) is 3.75. The first kappa shape index (κ1) is 28.3. The summed E-state index contributed by atoms with van der Waals surface area (Å²) >= 11 is 0. The van der Waals surface area contributed by atoms with Crippen LogP contribution in [-0.4, -0.2) is 113 Å². The number of amides is 4. The van der Waals surface area contributed by atoms with E-state index in [-0.39, 0.29) is 36.5 Å². The first-order valence-corrected chi connectivity index (χ1v) is 19.3. The number of fused-ring (bicyclic) bond motifs is 11. The van der Waals surface area contributed by atoms with Crippen molar-refractivity contribution in [3.8, 4) is 0 Å². The van der Waals surface area contributed by atoms with Crippen LogP contribution in [0.2, 0.25) is 0 Å². The summed E-state index contributed by atoms with van der Waals surface area (Å²) in [6.45, 7) is -1.07. The summed E-state index contributed by atoms with van der Waals surface area (Å²) in [6.07, 6.45) is -1.01. The van der Waals surface area contributed by atoms with Crippen molar-refractivity contribution in [2.45, 2.75) is 55.5 Å². The maximum absolute atomic E-state index is 14.7. The van der Waals surface area contributed by atoms with Crippen molar-refractivity contribution in [2.75, 3.05) is 37.9 Å². The number of hydrogen-bond acceptors (Lipinski definition) is 12. The minimum atomic E-state index is -1.47. The lowest BCUT2D eigenvalue weighted by atomic mass is 9.54. The van der Waals surface area contributed by atoms with Gasteiger partial charge in [-0.25, -0.2) is 0 Å². The zero-order valence-corrected chi connectivity index (χ0v) is 27.8.